The van der Waals surface area contributed by atoms with E-state index in [1.54, 1.807) is 18.2 Å². The lowest BCUT2D eigenvalue weighted by Gasteiger charge is -1.99. The number of ether oxygens (including phenoxy) is 1. The molecule has 4 nitrogen and oxygen atoms in total. The van der Waals surface area contributed by atoms with E-state index in [1.807, 2.05) is 0 Å². The van der Waals surface area contributed by atoms with Gasteiger partial charge in [-0.05, 0) is 12.1 Å². The SMILES string of the molecule is COC(=O)CNC(=O)C=Cc1ccccc1F. The van der Waals surface area contributed by atoms with Crippen LogP contribution in [0.25, 0.3) is 6.08 Å². The van der Waals surface area contributed by atoms with E-state index < -0.39 is 17.7 Å². The Morgan fingerprint density at radius 2 is 2.12 bits per heavy atom. The molecule has 1 aromatic rings. The van der Waals surface area contributed by atoms with Crippen molar-refractivity contribution in [3.8, 4) is 0 Å². The zero-order valence-electron chi connectivity index (χ0n) is 9.27. The minimum atomic E-state index is -0.544. The summed E-state index contributed by atoms with van der Waals surface area (Å²) in [7, 11) is 1.23. The van der Waals surface area contributed by atoms with Crippen LogP contribution >= 0.6 is 0 Å². The molecule has 0 spiro atoms. The van der Waals surface area contributed by atoms with Crippen LogP contribution in [0.3, 0.4) is 0 Å². The molecule has 0 heterocycles. The van der Waals surface area contributed by atoms with Crippen molar-refractivity contribution < 1.29 is 18.7 Å². The van der Waals surface area contributed by atoms with Crippen molar-refractivity contribution >= 4 is 18.0 Å². The second-order valence-corrected chi connectivity index (χ2v) is 3.15. The summed E-state index contributed by atoms with van der Waals surface area (Å²) >= 11 is 0. The minimum absolute atomic E-state index is 0.211. The van der Waals surface area contributed by atoms with Gasteiger partial charge >= 0.3 is 5.97 Å². The number of methoxy groups -OCH3 is 1. The van der Waals surface area contributed by atoms with Gasteiger partial charge in [-0.25, -0.2) is 4.39 Å². The van der Waals surface area contributed by atoms with E-state index in [-0.39, 0.29) is 6.54 Å². The molecule has 0 radical (unpaired) electrons. The average Bonchev–Trinajstić information content (AvgIpc) is 2.35. The predicted octanol–water partition coefficient (Wildman–Crippen LogP) is 1.13. The molecule has 0 saturated carbocycles. The molecular weight excluding hydrogens is 225 g/mol. The third-order valence-electron chi connectivity index (χ3n) is 1.95. The largest absolute Gasteiger partial charge is 0.468 e. The molecule has 0 aromatic heterocycles. The molecular formula is C12H12FNO3. The van der Waals surface area contributed by atoms with Gasteiger partial charge in [0.05, 0.1) is 7.11 Å². The van der Waals surface area contributed by atoms with Crippen LogP contribution in [0.5, 0.6) is 0 Å². The monoisotopic (exact) mass is 237 g/mol. The number of amides is 1. The molecule has 0 saturated heterocycles. The maximum Gasteiger partial charge on any atom is 0.325 e. The summed E-state index contributed by atoms with van der Waals surface area (Å²) < 4.78 is 17.5. The predicted molar refractivity (Wildman–Crippen MR) is 60.5 cm³/mol. The summed E-state index contributed by atoms with van der Waals surface area (Å²) in [5.41, 5.74) is 0.306. The van der Waals surface area contributed by atoms with Crippen molar-refractivity contribution in [2.75, 3.05) is 13.7 Å². The van der Waals surface area contributed by atoms with E-state index in [0.717, 1.165) is 6.08 Å². The molecule has 1 amide bonds. The maximum atomic E-state index is 13.2. The van der Waals surface area contributed by atoms with Crippen molar-refractivity contribution in [3.63, 3.8) is 0 Å². The summed E-state index contributed by atoms with van der Waals surface area (Å²) in [5.74, 6) is -1.44. The molecule has 0 fully saturated rings. The highest BCUT2D eigenvalue weighted by atomic mass is 19.1. The first kappa shape index (κ1) is 12.9. The van der Waals surface area contributed by atoms with Crippen LogP contribution in [0.4, 0.5) is 4.39 Å². The number of carbonyl (C=O) groups is 2. The van der Waals surface area contributed by atoms with Crippen molar-refractivity contribution in [1.29, 1.82) is 0 Å². The third kappa shape index (κ3) is 4.46. The van der Waals surface area contributed by atoms with Crippen molar-refractivity contribution in [2.24, 2.45) is 0 Å². The highest BCUT2D eigenvalue weighted by Gasteiger charge is 2.02. The number of halogens is 1. The number of benzene rings is 1. The second kappa shape index (κ2) is 6.42. The molecule has 1 N–H and O–H groups in total. The lowest BCUT2D eigenvalue weighted by molar-refractivity contribution is -0.140. The molecule has 1 aromatic carbocycles. The Labute approximate surface area is 98.1 Å². The quantitative estimate of drug-likeness (QED) is 0.630. The first-order valence-corrected chi connectivity index (χ1v) is 4.90. The number of nitrogens with one attached hydrogen (secondary N) is 1. The fourth-order valence-electron chi connectivity index (χ4n) is 1.07. The molecule has 0 aliphatic heterocycles. The van der Waals surface area contributed by atoms with Gasteiger partial charge in [0.25, 0.3) is 0 Å². The fourth-order valence-corrected chi connectivity index (χ4v) is 1.07. The van der Waals surface area contributed by atoms with Gasteiger partial charge in [-0.2, -0.15) is 0 Å². The standard InChI is InChI=1S/C12H12FNO3/c1-17-12(16)8-14-11(15)7-6-9-4-2-3-5-10(9)13/h2-7H,8H2,1H3,(H,14,15). The van der Waals surface area contributed by atoms with E-state index in [2.05, 4.69) is 10.1 Å². The minimum Gasteiger partial charge on any atom is -0.468 e. The molecule has 90 valence electrons. The summed E-state index contributed by atoms with van der Waals surface area (Å²) in [6.45, 7) is -0.211. The third-order valence-corrected chi connectivity index (χ3v) is 1.95. The summed E-state index contributed by atoms with van der Waals surface area (Å²) in [6, 6.07) is 6.06. The molecule has 0 aliphatic carbocycles. The summed E-state index contributed by atoms with van der Waals surface area (Å²) in [5, 5.41) is 2.30. The Balaban J connectivity index is 2.51. The maximum absolute atomic E-state index is 13.2. The van der Waals surface area contributed by atoms with Crippen molar-refractivity contribution in [3.05, 3.63) is 41.7 Å². The number of esters is 1. The highest BCUT2D eigenvalue weighted by Crippen LogP contribution is 2.07. The van der Waals surface area contributed by atoms with Gasteiger partial charge in [-0.3, -0.25) is 9.59 Å². The molecule has 1 rings (SSSR count). The average molecular weight is 237 g/mol. The van der Waals surface area contributed by atoms with Gasteiger partial charge in [-0.1, -0.05) is 18.2 Å². The van der Waals surface area contributed by atoms with Crippen molar-refractivity contribution in [1.82, 2.24) is 5.32 Å². The topological polar surface area (TPSA) is 55.4 Å². The normalized spacial score (nSPS) is 10.2. The van der Waals surface area contributed by atoms with Crippen LogP contribution in [-0.4, -0.2) is 25.5 Å². The van der Waals surface area contributed by atoms with E-state index in [1.165, 1.54) is 19.3 Å². The van der Waals surface area contributed by atoms with Crippen molar-refractivity contribution in [2.45, 2.75) is 0 Å². The van der Waals surface area contributed by atoms with Gasteiger partial charge in [0.1, 0.15) is 12.4 Å². The lowest BCUT2D eigenvalue weighted by atomic mass is 10.2. The van der Waals surface area contributed by atoms with Gasteiger partial charge in [-0.15, -0.1) is 0 Å². The zero-order chi connectivity index (χ0) is 12.7. The fraction of sp³-hybridized carbons (Fsp3) is 0.167. The van der Waals surface area contributed by atoms with E-state index in [0.29, 0.717) is 5.56 Å². The van der Waals surface area contributed by atoms with E-state index in [9.17, 15) is 14.0 Å². The first-order valence-electron chi connectivity index (χ1n) is 4.90. The summed E-state index contributed by atoms with van der Waals surface area (Å²) in [4.78, 5) is 21.9. The van der Waals surface area contributed by atoms with Crippen LogP contribution < -0.4 is 5.32 Å². The number of hydrogen-bond acceptors (Lipinski definition) is 3. The molecule has 5 heteroatoms. The molecule has 0 unspecified atom stereocenters. The summed E-state index contributed by atoms with van der Waals surface area (Å²) in [6.07, 6.45) is 2.49. The number of hydrogen-bond donors (Lipinski definition) is 1. The molecule has 0 bridgehead atoms. The molecule has 0 atom stereocenters. The Morgan fingerprint density at radius 3 is 2.76 bits per heavy atom. The Morgan fingerprint density at radius 1 is 1.41 bits per heavy atom. The van der Waals surface area contributed by atoms with Gasteiger partial charge < -0.3 is 10.1 Å². The number of carbonyl (C=O) groups excluding carboxylic acids is 2. The molecule has 17 heavy (non-hydrogen) atoms. The smallest absolute Gasteiger partial charge is 0.325 e. The Kier molecular flexibility index (Phi) is 4.87. The molecule has 0 aliphatic rings. The Bertz CT molecular complexity index is 443. The van der Waals surface area contributed by atoms with Crippen LogP contribution in [0.2, 0.25) is 0 Å². The van der Waals surface area contributed by atoms with Crippen LogP contribution in [0.1, 0.15) is 5.56 Å². The van der Waals surface area contributed by atoms with E-state index >= 15 is 0 Å². The van der Waals surface area contributed by atoms with Crippen LogP contribution in [0, 0.1) is 5.82 Å². The number of rotatable bonds is 4. The van der Waals surface area contributed by atoms with Gasteiger partial charge in [0.15, 0.2) is 0 Å². The van der Waals surface area contributed by atoms with Crippen LogP contribution in [0.15, 0.2) is 30.3 Å². The lowest BCUT2D eigenvalue weighted by Crippen LogP contribution is -2.28. The van der Waals surface area contributed by atoms with Crippen LogP contribution in [-0.2, 0) is 14.3 Å². The van der Waals surface area contributed by atoms with Gasteiger partial charge in [0.2, 0.25) is 5.91 Å². The van der Waals surface area contributed by atoms with Gasteiger partial charge in [0, 0.05) is 11.6 Å². The highest BCUT2D eigenvalue weighted by molar-refractivity contribution is 5.93. The zero-order valence-corrected chi connectivity index (χ0v) is 9.27. The Hall–Kier alpha value is -2.17. The first-order chi connectivity index (χ1) is 8.13. The van der Waals surface area contributed by atoms with E-state index in [4.69, 9.17) is 0 Å². The second-order valence-electron chi connectivity index (χ2n) is 3.15.